The molecule has 1 heterocycles. The van der Waals surface area contributed by atoms with Crippen molar-refractivity contribution in [3.8, 4) is 6.07 Å². The van der Waals surface area contributed by atoms with E-state index in [9.17, 15) is 9.18 Å². The molecule has 0 unspecified atom stereocenters. The van der Waals surface area contributed by atoms with Gasteiger partial charge in [0.15, 0.2) is 0 Å². The number of hydrogen-bond donors (Lipinski definition) is 0. The summed E-state index contributed by atoms with van der Waals surface area (Å²) in [7, 11) is 0. The van der Waals surface area contributed by atoms with Crippen LogP contribution in [0.3, 0.4) is 0 Å². The van der Waals surface area contributed by atoms with Gasteiger partial charge >= 0.3 is 0 Å². The average molecular weight is 378 g/mol. The van der Waals surface area contributed by atoms with Crippen LogP contribution in [0, 0.1) is 17.1 Å². The number of benzene rings is 2. The molecule has 4 nitrogen and oxygen atoms in total. The Hall–Kier alpha value is -2.29. The normalized spacial score (nSPS) is 14.3. The Kier molecular flexibility index (Phi) is 5.12. The van der Waals surface area contributed by atoms with Crippen LogP contribution in [0.25, 0.3) is 0 Å². The lowest BCUT2D eigenvalue weighted by molar-refractivity contribution is 0.0746. The number of amides is 1. The monoisotopic (exact) mass is 377 g/mol. The van der Waals surface area contributed by atoms with Gasteiger partial charge in [0, 0.05) is 41.8 Å². The number of hydrogen-bond acceptors (Lipinski definition) is 3. The summed E-state index contributed by atoms with van der Waals surface area (Å²) >= 11 is 11.9. The molecule has 2 aromatic rings. The van der Waals surface area contributed by atoms with Crippen LogP contribution in [0.1, 0.15) is 15.9 Å². The summed E-state index contributed by atoms with van der Waals surface area (Å²) in [6, 6.07) is 11.2. The van der Waals surface area contributed by atoms with Crippen molar-refractivity contribution in [2.24, 2.45) is 0 Å². The second kappa shape index (κ2) is 7.30. The van der Waals surface area contributed by atoms with Crippen molar-refractivity contribution in [3.63, 3.8) is 0 Å². The summed E-state index contributed by atoms with van der Waals surface area (Å²) in [4.78, 5) is 16.2. The lowest BCUT2D eigenvalue weighted by Crippen LogP contribution is -2.49. The topological polar surface area (TPSA) is 47.3 Å². The number of carbonyl (C=O) groups excluding carboxylic acids is 1. The lowest BCUT2D eigenvalue weighted by atomic mass is 10.1. The SMILES string of the molecule is N#Cc1c(F)cccc1N1CCN(C(=O)c2cc(Cl)cc(Cl)c2)CC1. The van der Waals surface area contributed by atoms with E-state index in [1.54, 1.807) is 35.2 Å². The number of rotatable bonds is 2. The van der Waals surface area contributed by atoms with Crippen LogP contribution in [0.5, 0.6) is 0 Å². The van der Waals surface area contributed by atoms with Crippen molar-refractivity contribution in [1.82, 2.24) is 4.90 Å². The maximum Gasteiger partial charge on any atom is 0.254 e. The zero-order valence-corrected chi connectivity index (χ0v) is 14.7. The largest absolute Gasteiger partial charge is 0.367 e. The van der Waals surface area contributed by atoms with Gasteiger partial charge in [-0.25, -0.2) is 4.39 Å². The Morgan fingerprint density at radius 1 is 1.08 bits per heavy atom. The molecule has 1 aliphatic rings. The molecule has 2 aromatic carbocycles. The minimum Gasteiger partial charge on any atom is -0.367 e. The first-order valence-corrected chi connectivity index (χ1v) is 8.44. The predicted octanol–water partition coefficient (Wildman–Crippen LogP) is 3.97. The molecule has 0 radical (unpaired) electrons. The Bertz CT molecular complexity index is 838. The van der Waals surface area contributed by atoms with Crippen molar-refractivity contribution in [1.29, 1.82) is 5.26 Å². The average Bonchev–Trinajstić information content (AvgIpc) is 2.60. The number of nitrogens with zero attached hydrogens (tertiary/aromatic N) is 3. The van der Waals surface area contributed by atoms with Crippen LogP contribution in [-0.4, -0.2) is 37.0 Å². The summed E-state index contributed by atoms with van der Waals surface area (Å²) < 4.78 is 13.8. The Morgan fingerprint density at radius 2 is 1.72 bits per heavy atom. The number of nitriles is 1. The van der Waals surface area contributed by atoms with Crippen LogP contribution in [-0.2, 0) is 0 Å². The van der Waals surface area contributed by atoms with E-state index in [4.69, 9.17) is 28.5 Å². The molecule has 0 spiro atoms. The Morgan fingerprint density at radius 3 is 2.32 bits per heavy atom. The second-order valence-electron chi connectivity index (χ2n) is 5.68. The van der Waals surface area contributed by atoms with Gasteiger partial charge in [-0.05, 0) is 30.3 Å². The molecule has 1 fully saturated rings. The highest BCUT2D eigenvalue weighted by Gasteiger charge is 2.24. The van der Waals surface area contributed by atoms with Gasteiger partial charge in [-0.3, -0.25) is 4.79 Å². The fourth-order valence-corrected chi connectivity index (χ4v) is 3.42. The first-order chi connectivity index (χ1) is 12.0. The Balaban J connectivity index is 1.73. The van der Waals surface area contributed by atoms with Crippen molar-refractivity contribution >= 4 is 34.8 Å². The number of anilines is 1. The van der Waals surface area contributed by atoms with Crippen LogP contribution in [0.15, 0.2) is 36.4 Å². The second-order valence-corrected chi connectivity index (χ2v) is 6.56. The third-order valence-corrected chi connectivity index (χ3v) is 4.56. The molecule has 7 heteroatoms. The molecule has 0 aromatic heterocycles. The highest BCUT2D eigenvalue weighted by atomic mass is 35.5. The van der Waals surface area contributed by atoms with E-state index < -0.39 is 5.82 Å². The molecule has 1 amide bonds. The molecular weight excluding hydrogens is 364 g/mol. The lowest BCUT2D eigenvalue weighted by Gasteiger charge is -2.36. The minimum absolute atomic E-state index is 0.0314. The third kappa shape index (κ3) is 3.71. The van der Waals surface area contributed by atoms with Gasteiger partial charge in [0.05, 0.1) is 5.69 Å². The van der Waals surface area contributed by atoms with Gasteiger partial charge in [-0.2, -0.15) is 5.26 Å². The maximum absolute atomic E-state index is 13.8. The third-order valence-electron chi connectivity index (χ3n) is 4.12. The van der Waals surface area contributed by atoms with Crippen LogP contribution in [0.4, 0.5) is 10.1 Å². The molecular formula is C18H14Cl2FN3O. The van der Waals surface area contributed by atoms with E-state index in [2.05, 4.69) is 0 Å². The first kappa shape index (κ1) is 17.5. The summed E-state index contributed by atoms with van der Waals surface area (Å²) in [6.07, 6.45) is 0. The van der Waals surface area contributed by atoms with Gasteiger partial charge in [0.2, 0.25) is 0 Å². The number of carbonyl (C=O) groups is 1. The standard InChI is InChI=1S/C18H14Cl2FN3O/c19-13-8-12(9-14(20)10-13)18(25)24-6-4-23(5-7-24)17-3-1-2-16(21)15(17)11-22/h1-3,8-10H,4-7H2. The molecule has 1 aliphatic heterocycles. The van der Waals surface area contributed by atoms with Gasteiger partial charge in [0.1, 0.15) is 17.4 Å². The zero-order valence-electron chi connectivity index (χ0n) is 13.2. The highest BCUT2D eigenvalue weighted by molar-refractivity contribution is 6.35. The molecule has 1 saturated heterocycles. The number of piperazine rings is 1. The zero-order chi connectivity index (χ0) is 18.0. The quantitative estimate of drug-likeness (QED) is 0.795. The minimum atomic E-state index is -0.535. The van der Waals surface area contributed by atoms with E-state index in [1.807, 2.05) is 11.0 Å². The molecule has 25 heavy (non-hydrogen) atoms. The van der Waals surface area contributed by atoms with E-state index in [1.165, 1.54) is 6.07 Å². The van der Waals surface area contributed by atoms with Crippen molar-refractivity contribution in [2.45, 2.75) is 0 Å². The van der Waals surface area contributed by atoms with E-state index in [0.29, 0.717) is 47.5 Å². The van der Waals surface area contributed by atoms with E-state index >= 15 is 0 Å². The fraction of sp³-hybridized carbons (Fsp3) is 0.222. The smallest absolute Gasteiger partial charge is 0.254 e. The predicted molar refractivity (Wildman–Crippen MR) is 95.7 cm³/mol. The van der Waals surface area contributed by atoms with E-state index in [-0.39, 0.29) is 11.5 Å². The van der Waals surface area contributed by atoms with Crippen LogP contribution >= 0.6 is 23.2 Å². The van der Waals surface area contributed by atoms with Gasteiger partial charge in [0.25, 0.3) is 5.91 Å². The molecule has 0 atom stereocenters. The van der Waals surface area contributed by atoms with Crippen LogP contribution < -0.4 is 4.90 Å². The highest BCUT2D eigenvalue weighted by Crippen LogP contribution is 2.25. The van der Waals surface area contributed by atoms with Crippen LogP contribution in [0.2, 0.25) is 10.0 Å². The summed E-state index contributed by atoms with van der Waals surface area (Å²) in [5.74, 6) is -0.684. The summed E-state index contributed by atoms with van der Waals surface area (Å²) in [6.45, 7) is 1.95. The van der Waals surface area contributed by atoms with Crippen molar-refractivity contribution < 1.29 is 9.18 Å². The van der Waals surface area contributed by atoms with Crippen molar-refractivity contribution in [3.05, 3.63) is 63.4 Å². The first-order valence-electron chi connectivity index (χ1n) is 7.68. The Labute approximate surface area is 155 Å². The molecule has 0 N–H and O–H groups in total. The van der Waals surface area contributed by atoms with Gasteiger partial charge in [-0.15, -0.1) is 0 Å². The molecule has 0 saturated carbocycles. The van der Waals surface area contributed by atoms with E-state index in [0.717, 1.165) is 0 Å². The molecule has 0 bridgehead atoms. The molecule has 3 rings (SSSR count). The van der Waals surface area contributed by atoms with Gasteiger partial charge in [-0.1, -0.05) is 29.3 Å². The summed E-state index contributed by atoms with van der Waals surface area (Å²) in [5.41, 5.74) is 1.03. The molecule has 128 valence electrons. The van der Waals surface area contributed by atoms with Crippen molar-refractivity contribution in [2.75, 3.05) is 31.1 Å². The fourth-order valence-electron chi connectivity index (χ4n) is 2.90. The number of halogens is 3. The molecule has 0 aliphatic carbocycles. The van der Waals surface area contributed by atoms with Gasteiger partial charge < -0.3 is 9.80 Å². The summed E-state index contributed by atoms with van der Waals surface area (Å²) in [5, 5.41) is 9.98. The maximum atomic E-state index is 13.8.